The molecule has 0 radical (unpaired) electrons. The van der Waals surface area contributed by atoms with Crippen LogP contribution in [-0.2, 0) is 11.0 Å². The summed E-state index contributed by atoms with van der Waals surface area (Å²) in [5, 5.41) is 15.1. The molecule has 9 heteroatoms. The predicted molar refractivity (Wildman–Crippen MR) is 101 cm³/mol. The van der Waals surface area contributed by atoms with Crippen molar-refractivity contribution in [2.75, 3.05) is 5.32 Å². The van der Waals surface area contributed by atoms with E-state index in [1.165, 1.54) is 0 Å². The molecule has 1 atom stereocenters. The number of pyridine rings is 1. The van der Waals surface area contributed by atoms with Crippen LogP contribution in [0.2, 0.25) is 0 Å². The van der Waals surface area contributed by atoms with E-state index in [0.29, 0.717) is 23.1 Å². The number of hydrogen-bond acceptors (Lipinski definition) is 4. The molecule has 0 saturated heterocycles. The maximum absolute atomic E-state index is 12.7. The molecule has 6 nitrogen and oxygen atoms in total. The van der Waals surface area contributed by atoms with Crippen molar-refractivity contribution >= 4 is 17.6 Å². The second-order valence-corrected chi connectivity index (χ2v) is 7.00. The summed E-state index contributed by atoms with van der Waals surface area (Å²) in [5.74, 6) is -1.61. The first kappa shape index (κ1) is 22.2. The van der Waals surface area contributed by atoms with Gasteiger partial charge in [-0.1, -0.05) is 13.8 Å². The molecular formula is C20H22F3N3O3. The summed E-state index contributed by atoms with van der Waals surface area (Å²) in [6.45, 7) is 6.88. The molecule has 156 valence electrons. The van der Waals surface area contributed by atoms with Gasteiger partial charge in [-0.3, -0.25) is 9.59 Å². The number of amides is 2. The quantitative estimate of drug-likeness (QED) is 0.690. The minimum Gasteiger partial charge on any atom is -0.507 e. The van der Waals surface area contributed by atoms with Crippen LogP contribution in [0.15, 0.2) is 30.3 Å². The monoisotopic (exact) mass is 409 g/mol. The van der Waals surface area contributed by atoms with Crippen LogP contribution in [0.5, 0.6) is 5.75 Å². The van der Waals surface area contributed by atoms with E-state index < -0.39 is 29.4 Å². The smallest absolute Gasteiger partial charge is 0.416 e. The molecule has 2 rings (SSSR count). The Morgan fingerprint density at radius 3 is 2.31 bits per heavy atom. The number of aryl methyl sites for hydroxylation is 1. The lowest BCUT2D eigenvalue weighted by molar-refractivity contribution is -0.137. The molecule has 0 bridgehead atoms. The topological polar surface area (TPSA) is 91.3 Å². The largest absolute Gasteiger partial charge is 0.507 e. The highest BCUT2D eigenvalue weighted by Gasteiger charge is 2.31. The average Bonchev–Trinajstić information content (AvgIpc) is 2.59. The van der Waals surface area contributed by atoms with Gasteiger partial charge < -0.3 is 15.7 Å². The van der Waals surface area contributed by atoms with Crippen LogP contribution in [0.25, 0.3) is 0 Å². The third-order valence-corrected chi connectivity index (χ3v) is 4.17. The van der Waals surface area contributed by atoms with Gasteiger partial charge >= 0.3 is 6.18 Å². The average molecular weight is 409 g/mol. The molecule has 29 heavy (non-hydrogen) atoms. The van der Waals surface area contributed by atoms with E-state index in [4.69, 9.17) is 0 Å². The second kappa shape index (κ2) is 8.50. The summed E-state index contributed by atoms with van der Waals surface area (Å²) in [7, 11) is 0. The Morgan fingerprint density at radius 1 is 1.10 bits per heavy atom. The van der Waals surface area contributed by atoms with Gasteiger partial charge in [0.2, 0.25) is 5.91 Å². The Morgan fingerprint density at radius 2 is 1.76 bits per heavy atom. The van der Waals surface area contributed by atoms with E-state index in [-0.39, 0.29) is 17.4 Å². The number of aromatic hydroxyl groups is 1. The summed E-state index contributed by atoms with van der Waals surface area (Å²) in [4.78, 5) is 28.5. The summed E-state index contributed by atoms with van der Waals surface area (Å²) in [6, 6.07) is 4.92. The van der Waals surface area contributed by atoms with E-state index in [9.17, 15) is 27.9 Å². The van der Waals surface area contributed by atoms with Crippen LogP contribution in [0.1, 0.15) is 54.0 Å². The van der Waals surface area contributed by atoms with E-state index in [1.807, 2.05) is 0 Å². The van der Waals surface area contributed by atoms with Gasteiger partial charge in [0.15, 0.2) is 0 Å². The molecular weight excluding hydrogens is 387 g/mol. The number of phenolic OH excluding ortho intramolecular Hbond substituents is 1. The Balaban J connectivity index is 2.19. The second-order valence-electron chi connectivity index (χ2n) is 7.00. The molecule has 2 aromatic rings. The summed E-state index contributed by atoms with van der Waals surface area (Å²) >= 11 is 0. The molecule has 1 aromatic carbocycles. The molecule has 0 spiro atoms. The molecule has 2 amide bonds. The number of carbonyl (C=O) groups excluding carboxylic acids is 2. The highest BCUT2D eigenvalue weighted by Crippen LogP contribution is 2.32. The number of halogens is 3. The SMILES string of the molecule is Cc1cc(C(C)NC(=O)c2ccc(C(F)(F)F)cc2O)cc(NC(=O)C(C)C)n1. The molecule has 1 aromatic heterocycles. The third-order valence-electron chi connectivity index (χ3n) is 4.17. The van der Waals surface area contributed by atoms with Crippen LogP contribution < -0.4 is 10.6 Å². The van der Waals surface area contributed by atoms with Gasteiger partial charge in [0.1, 0.15) is 11.6 Å². The van der Waals surface area contributed by atoms with Gasteiger partial charge in [0, 0.05) is 11.6 Å². The number of nitrogens with one attached hydrogen (secondary N) is 2. The van der Waals surface area contributed by atoms with Crippen molar-refractivity contribution in [1.29, 1.82) is 0 Å². The van der Waals surface area contributed by atoms with Crippen LogP contribution in [0.3, 0.4) is 0 Å². The van der Waals surface area contributed by atoms with Crippen LogP contribution in [0.4, 0.5) is 19.0 Å². The zero-order chi connectivity index (χ0) is 21.9. The molecule has 1 unspecified atom stereocenters. The number of carbonyl (C=O) groups is 2. The van der Waals surface area contributed by atoms with Crippen molar-refractivity contribution in [2.45, 2.75) is 39.9 Å². The van der Waals surface area contributed by atoms with Gasteiger partial charge in [-0.2, -0.15) is 13.2 Å². The number of anilines is 1. The maximum Gasteiger partial charge on any atom is 0.416 e. The number of benzene rings is 1. The Bertz CT molecular complexity index is 927. The molecule has 1 heterocycles. The van der Waals surface area contributed by atoms with Crippen molar-refractivity contribution < 1.29 is 27.9 Å². The van der Waals surface area contributed by atoms with Gasteiger partial charge in [0.25, 0.3) is 5.91 Å². The number of phenols is 1. The Kier molecular flexibility index (Phi) is 6.51. The lowest BCUT2D eigenvalue weighted by atomic mass is 10.1. The highest BCUT2D eigenvalue weighted by molar-refractivity contribution is 5.97. The fraction of sp³-hybridized carbons (Fsp3) is 0.350. The zero-order valence-corrected chi connectivity index (χ0v) is 16.4. The van der Waals surface area contributed by atoms with Crippen molar-refractivity contribution in [1.82, 2.24) is 10.3 Å². The van der Waals surface area contributed by atoms with Gasteiger partial charge in [0.05, 0.1) is 17.2 Å². The Hall–Kier alpha value is -3.10. The molecule has 0 aliphatic rings. The number of rotatable bonds is 5. The van der Waals surface area contributed by atoms with Gasteiger partial charge in [-0.05, 0) is 49.7 Å². The summed E-state index contributed by atoms with van der Waals surface area (Å²) < 4.78 is 38.1. The standard InChI is InChI=1S/C20H22F3N3O3/c1-10(2)18(28)26-17-8-13(7-11(3)24-17)12(4)25-19(29)15-6-5-14(9-16(15)27)20(21,22)23/h5-10,12,27H,1-4H3,(H,25,29)(H,24,26,28). The normalized spacial score (nSPS) is 12.6. The minimum atomic E-state index is -4.62. The number of aromatic nitrogens is 1. The highest BCUT2D eigenvalue weighted by atomic mass is 19.4. The van der Waals surface area contributed by atoms with Crippen molar-refractivity contribution in [3.05, 3.63) is 52.7 Å². The molecule has 3 N–H and O–H groups in total. The number of hydrogen-bond donors (Lipinski definition) is 3. The first-order valence-corrected chi connectivity index (χ1v) is 8.89. The Labute approximate surface area is 166 Å². The molecule has 0 saturated carbocycles. The first-order valence-electron chi connectivity index (χ1n) is 8.89. The van der Waals surface area contributed by atoms with E-state index in [0.717, 1.165) is 12.1 Å². The maximum atomic E-state index is 12.7. The predicted octanol–water partition coefficient (Wildman–Crippen LogP) is 4.20. The molecule has 0 aliphatic heterocycles. The fourth-order valence-corrected chi connectivity index (χ4v) is 2.54. The van der Waals surface area contributed by atoms with Gasteiger partial charge in [-0.15, -0.1) is 0 Å². The van der Waals surface area contributed by atoms with E-state index >= 15 is 0 Å². The van der Waals surface area contributed by atoms with E-state index in [1.54, 1.807) is 39.8 Å². The fourth-order valence-electron chi connectivity index (χ4n) is 2.54. The molecule has 0 aliphatic carbocycles. The minimum absolute atomic E-state index is 0.208. The summed E-state index contributed by atoms with van der Waals surface area (Å²) in [5.41, 5.74) is -0.0739. The molecule has 0 fully saturated rings. The lowest BCUT2D eigenvalue weighted by Crippen LogP contribution is -2.27. The van der Waals surface area contributed by atoms with Crippen molar-refractivity contribution in [2.24, 2.45) is 5.92 Å². The van der Waals surface area contributed by atoms with Crippen LogP contribution in [-0.4, -0.2) is 21.9 Å². The van der Waals surface area contributed by atoms with Crippen molar-refractivity contribution in [3.63, 3.8) is 0 Å². The van der Waals surface area contributed by atoms with Crippen LogP contribution in [0, 0.1) is 12.8 Å². The van der Waals surface area contributed by atoms with Crippen LogP contribution >= 0.6 is 0 Å². The van der Waals surface area contributed by atoms with Crippen molar-refractivity contribution in [3.8, 4) is 5.75 Å². The summed E-state index contributed by atoms with van der Waals surface area (Å²) in [6.07, 6.45) is -4.62. The van der Waals surface area contributed by atoms with Gasteiger partial charge in [-0.25, -0.2) is 4.98 Å². The lowest BCUT2D eigenvalue weighted by Gasteiger charge is -2.17. The third kappa shape index (κ3) is 5.69. The first-order chi connectivity index (χ1) is 13.4. The number of alkyl halides is 3. The van der Waals surface area contributed by atoms with E-state index in [2.05, 4.69) is 15.6 Å². The zero-order valence-electron chi connectivity index (χ0n) is 16.4. The number of nitrogens with zero attached hydrogens (tertiary/aromatic N) is 1.